The third kappa shape index (κ3) is 5.89. The number of hydrogen-bond donors (Lipinski definition) is 0. The quantitative estimate of drug-likeness (QED) is 0.151. The number of fused-ring (bicyclic) bond motifs is 12. The van der Waals surface area contributed by atoms with Crippen molar-refractivity contribution in [3.8, 4) is 33.4 Å². The van der Waals surface area contributed by atoms with Gasteiger partial charge in [0.1, 0.15) is 0 Å². The SMILES string of the molecule is c1ccc2c(c1)sc1c(-c3ccc(N(c4ccc(-c5ccc6c7ccccc7c7ccccc7c6c5)cc4)c4ccc(-c5cccc6c5sc5ccccc56)cc4)cc3)cccc12. The Hall–Kier alpha value is -7.56. The molecule has 0 fully saturated rings. The molecule has 0 bridgehead atoms. The fourth-order valence-electron chi connectivity index (χ4n) is 9.87. The van der Waals surface area contributed by atoms with Gasteiger partial charge in [-0.05, 0) is 120 Å². The van der Waals surface area contributed by atoms with Crippen LogP contribution in [0.15, 0.2) is 224 Å². The van der Waals surface area contributed by atoms with Gasteiger partial charge < -0.3 is 4.90 Å². The van der Waals surface area contributed by atoms with Gasteiger partial charge in [-0.25, -0.2) is 0 Å². The third-order valence-electron chi connectivity index (χ3n) is 12.9. The molecule has 294 valence electrons. The predicted molar refractivity (Wildman–Crippen MR) is 276 cm³/mol. The maximum atomic E-state index is 2.39. The van der Waals surface area contributed by atoms with Gasteiger partial charge in [0.25, 0.3) is 0 Å². The molecule has 0 amide bonds. The summed E-state index contributed by atoms with van der Waals surface area (Å²) < 4.78 is 5.31. The maximum Gasteiger partial charge on any atom is 0.0462 e. The summed E-state index contributed by atoms with van der Waals surface area (Å²) in [5, 5.41) is 13.0. The molecule has 13 aromatic rings. The van der Waals surface area contributed by atoms with Gasteiger partial charge in [0.05, 0.1) is 0 Å². The molecule has 13 rings (SSSR count). The van der Waals surface area contributed by atoms with Crippen molar-refractivity contribution in [3.05, 3.63) is 224 Å². The van der Waals surface area contributed by atoms with E-state index in [9.17, 15) is 0 Å². The molecule has 0 unspecified atom stereocenters. The number of benzene rings is 11. The highest BCUT2D eigenvalue weighted by atomic mass is 32.1. The van der Waals surface area contributed by atoms with Crippen molar-refractivity contribution in [2.24, 2.45) is 0 Å². The van der Waals surface area contributed by atoms with Crippen LogP contribution < -0.4 is 4.90 Å². The molecule has 0 N–H and O–H groups in total. The highest BCUT2D eigenvalue weighted by Gasteiger charge is 2.17. The summed E-state index contributed by atoms with van der Waals surface area (Å²) in [5.74, 6) is 0. The molecular weight excluding hydrogens is 799 g/mol. The Labute approximate surface area is 373 Å². The van der Waals surface area contributed by atoms with E-state index in [4.69, 9.17) is 0 Å². The highest BCUT2D eigenvalue weighted by Crippen LogP contribution is 2.44. The van der Waals surface area contributed by atoms with Gasteiger partial charge in [-0.1, -0.05) is 170 Å². The van der Waals surface area contributed by atoms with E-state index in [1.807, 2.05) is 22.7 Å². The highest BCUT2D eigenvalue weighted by molar-refractivity contribution is 7.26. The van der Waals surface area contributed by atoms with Crippen molar-refractivity contribution < 1.29 is 0 Å². The van der Waals surface area contributed by atoms with E-state index in [-0.39, 0.29) is 0 Å². The Morgan fingerprint density at radius 1 is 0.238 bits per heavy atom. The Kier molecular flexibility index (Phi) is 8.33. The summed E-state index contributed by atoms with van der Waals surface area (Å²) in [5.41, 5.74) is 10.7. The largest absolute Gasteiger partial charge is 0.311 e. The van der Waals surface area contributed by atoms with E-state index in [0.29, 0.717) is 0 Å². The van der Waals surface area contributed by atoms with Crippen LogP contribution in [0.1, 0.15) is 0 Å². The van der Waals surface area contributed by atoms with Crippen molar-refractivity contribution in [1.29, 1.82) is 0 Å². The van der Waals surface area contributed by atoms with E-state index in [0.717, 1.165) is 17.1 Å². The average Bonchev–Trinajstić information content (AvgIpc) is 3.94. The van der Waals surface area contributed by atoms with Gasteiger partial charge in [-0.2, -0.15) is 0 Å². The molecule has 0 saturated heterocycles. The third-order valence-corrected chi connectivity index (χ3v) is 15.3. The van der Waals surface area contributed by atoms with Gasteiger partial charge in [-0.3, -0.25) is 0 Å². The fraction of sp³-hybridized carbons (Fsp3) is 0. The van der Waals surface area contributed by atoms with Gasteiger partial charge in [0.2, 0.25) is 0 Å². The Balaban J connectivity index is 0.910. The maximum absolute atomic E-state index is 2.39. The summed E-state index contributed by atoms with van der Waals surface area (Å²) in [7, 11) is 0. The van der Waals surface area contributed by atoms with Crippen molar-refractivity contribution in [2.75, 3.05) is 4.90 Å². The summed E-state index contributed by atoms with van der Waals surface area (Å²) in [6, 6.07) is 82.8. The van der Waals surface area contributed by atoms with Crippen LogP contribution in [-0.2, 0) is 0 Å². The molecule has 0 aliphatic heterocycles. The van der Waals surface area contributed by atoms with E-state index in [1.165, 1.54) is 106 Å². The molecule has 0 aliphatic carbocycles. The van der Waals surface area contributed by atoms with Crippen LogP contribution >= 0.6 is 22.7 Å². The van der Waals surface area contributed by atoms with Crippen LogP contribution in [0, 0.1) is 0 Å². The zero-order valence-electron chi connectivity index (χ0n) is 34.1. The summed E-state index contributed by atoms with van der Waals surface area (Å²) >= 11 is 3.76. The van der Waals surface area contributed by atoms with E-state index in [1.54, 1.807) is 0 Å². The predicted octanol–water partition coefficient (Wildman–Crippen LogP) is 18.4. The lowest BCUT2D eigenvalue weighted by Crippen LogP contribution is -2.09. The number of thiophene rings is 2. The van der Waals surface area contributed by atoms with Crippen molar-refractivity contribution in [1.82, 2.24) is 0 Å². The molecule has 2 heterocycles. The van der Waals surface area contributed by atoms with Crippen LogP contribution in [0.4, 0.5) is 17.1 Å². The number of rotatable bonds is 6. The van der Waals surface area contributed by atoms with Crippen molar-refractivity contribution in [2.45, 2.75) is 0 Å². The molecule has 3 heteroatoms. The van der Waals surface area contributed by atoms with Crippen LogP contribution in [0.2, 0.25) is 0 Å². The minimum atomic E-state index is 1.11. The first-order valence-corrected chi connectivity index (χ1v) is 23.1. The van der Waals surface area contributed by atoms with E-state index < -0.39 is 0 Å². The van der Waals surface area contributed by atoms with Gasteiger partial charge >= 0.3 is 0 Å². The lowest BCUT2D eigenvalue weighted by Gasteiger charge is -2.26. The van der Waals surface area contributed by atoms with Gasteiger partial charge in [0.15, 0.2) is 0 Å². The van der Waals surface area contributed by atoms with Crippen molar-refractivity contribution >= 4 is 112 Å². The number of hydrogen-bond acceptors (Lipinski definition) is 3. The smallest absolute Gasteiger partial charge is 0.0462 e. The fourth-order valence-corrected chi connectivity index (χ4v) is 12.3. The van der Waals surface area contributed by atoms with Crippen LogP contribution in [0.3, 0.4) is 0 Å². The summed E-state index contributed by atoms with van der Waals surface area (Å²) in [6.07, 6.45) is 0. The molecule has 0 aliphatic rings. The summed E-state index contributed by atoms with van der Waals surface area (Å²) in [4.78, 5) is 2.39. The molecule has 0 atom stereocenters. The van der Waals surface area contributed by atoms with E-state index >= 15 is 0 Å². The van der Waals surface area contributed by atoms with Gasteiger partial charge in [0, 0.05) is 57.4 Å². The molecular formula is C60H37NS2. The first kappa shape index (κ1) is 36.1. The average molecular weight is 836 g/mol. The first-order chi connectivity index (χ1) is 31.2. The van der Waals surface area contributed by atoms with E-state index in [2.05, 4.69) is 229 Å². The summed E-state index contributed by atoms with van der Waals surface area (Å²) in [6.45, 7) is 0. The first-order valence-electron chi connectivity index (χ1n) is 21.5. The molecule has 11 aromatic carbocycles. The lowest BCUT2D eigenvalue weighted by atomic mass is 9.92. The van der Waals surface area contributed by atoms with Crippen molar-refractivity contribution in [3.63, 3.8) is 0 Å². The lowest BCUT2D eigenvalue weighted by molar-refractivity contribution is 1.28. The van der Waals surface area contributed by atoms with Gasteiger partial charge in [-0.15, -0.1) is 22.7 Å². The number of nitrogens with zero attached hydrogens (tertiary/aromatic N) is 1. The molecule has 2 aromatic heterocycles. The minimum Gasteiger partial charge on any atom is -0.311 e. The monoisotopic (exact) mass is 835 g/mol. The zero-order chi connectivity index (χ0) is 41.4. The standard InChI is InChI=1S/C60H37NS2/c1-2-13-49-47(11-1)48-12-3-4-14-50(48)56-37-41(29-36-51(49)56)38-23-30-42(31-24-38)61(43-32-25-39(26-33-43)45-17-9-19-54-52-15-5-7-21-57(52)62-59(45)54)44-34-27-40(28-35-44)46-18-10-20-55-53-16-6-8-22-58(53)63-60(46)55/h1-37H. The Morgan fingerprint density at radius 2 is 0.587 bits per heavy atom. The van der Waals surface area contributed by atoms with Crippen LogP contribution in [0.25, 0.3) is 106 Å². The second-order valence-corrected chi connectivity index (χ2v) is 18.5. The Morgan fingerprint density at radius 3 is 1.05 bits per heavy atom. The molecule has 0 spiro atoms. The number of anilines is 3. The normalized spacial score (nSPS) is 11.8. The second kappa shape index (κ2) is 14.5. The Bertz CT molecular complexity index is 3700. The topological polar surface area (TPSA) is 3.24 Å². The molecule has 1 nitrogen and oxygen atoms in total. The van der Waals surface area contributed by atoms with Crippen LogP contribution in [0.5, 0.6) is 0 Å². The minimum absolute atomic E-state index is 1.11. The molecule has 0 radical (unpaired) electrons. The van der Waals surface area contributed by atoms with Crippen LogP contribution in [-0.4, -0.2) is 0 Å². The molecule has 63 heavy (non-hydrogen) atoms. The second-order valence-electron chi connectivity index (χ2n) is 16.4. The zero-order valence-corrected chi connectivity index (χ0v) is 35.8. The molecule has 0 saturated carbocycles.